The van der Waals surface area contributed by atoms with Crippen LogP contribution in [-0.4, -0.2) is 48.7 Å². The molecule has 0 aromatic heterocycles. The Hall–Kier alpha value is -1.88. The minimum Gasteiger partial charge on any atom is -0.478 e. The van der Waals surface area contributed by atoms with Gasteiger partial charge in [0.05, 0.1) is 12.2 Å². The van der Waals surface area contributed by atoms with Crippen LogP contribution in [0.1, 0.15) is 33.6 Å². The summed E-state index contributed by atoms with van der Waals surface area (Å²) in [4.78, 5) is 25.2. The van der Waals surface area contributed by atoms with Gasteiger partial charge in [0, 0.05) is 25.8 Å². The van der Waals surface area contributed by atoms with E-state index in [2.05, 4.69) is 0 Å². The molecule has 0 atom stereocenters. The third kappa shape index (κ3) is 3.81. The number of ether oxygens (including phenoxy) is 1. The van der Waals surface area contributed by atoms with E-state index in [1.54, 1.807) is 24.1 Å². The molecule has 1 aromatic rings. The largest absolute Gasteiger partial charge is 0.478 e. The van der Waals surface area contributed by atoms with E-state index in [9.17, 15) is 9.59 Å². The molecule has 0 radical (unpaired) electrons. The summed E-state index contributed by atoms with van der Waals surface area (Å²) in [6, 6.07) is 6.17. The van der Waals surface area contributed by atoms with Gasteiger partial charge in [-0.15, -0.1) is 0 Å². The molecule has 0 aliphatic heterocycles. The molecular weight excluding hydrogens is 258 g/mol. The summed E-state index contributed by atoms with van der Waals surface area (Å²) in [6.45, 7) is 1.74. The predicted octanol–water partition coefficient (Wildman–Crippen LogP) is 1.88. The van der Waals surface area contributed by atoms with Gasteiger partial charge in [-0.2, -0.15) is 0 Å². The lowest BCUT2D eigenvalue weighted by atomic mass is 10.1. The number of methoxy groups -OCH3 is 1. The zero-order valence-corrected chi connectivity index (χ0v) is 11.5. The average Bonchev–Trinajstić information content (AvgIpc) is 3.26. The quantitative estimate of drug-likeness (QED) is 0.826. The van der Waals surface area contributed by atoms with E-state index in [0.29, 0.717) is 24.6 Å². The first-order chi connectivity index (χ1) is 9.61. The van der Waals surface area contributed by atoms with Crippen LogP contribution in [0.2, 0.25) is 0 Å². The van der Waals surface area contributed by atoms with Crippen molar-refractivity contribution in [3.63, 3.8) is 0 Å². The summed E-state index contributed by atoms with van der Waals surface area (Å²) in [6.07, 6.45) is 2.32. The van der Waals surface area contributed by atoms with Crippen molar-refractivity contribution < 1.29 is 19.4 Å². The van der Waals surface area contributed by atoms with E-state index in [1.165, 1.54) is 12.1 Å². The summed E-state index contributed by atoms with van der Waals surface area (Å²) in [5.74, 6) is -0.569. The smallest absolute Gasteiger partial charge is 0.335 e. The van der Waals surface area contributed by atoms with Crippen LogP contribution in [0, 0.1) is 5.92 Å². The fourth-order valence-corrected chi connectivity index (χ4v) is 2.06. The molecule has 1 amide bonds. The molecule has 1 N–H and O–H groups in total. The number of carbonyl (C=O) groups is 2. The van der Waals surface area contributed by atoms with E-state index in [-0.39, 0.29) is 11.5 Å². The Balaban J connectivity index is 2.12. The summed E-state index contributed by atoms with van der Waals surface area (Å²) in [5, 5.41) is 8.98. The SMILES string of the molecule is COCCN(CC1CC1)C(=O)c1cccc(C(=O)O)c1. The molecular formula is C15H19NO4. The Kier molecular flexibility index (Phi) is 4.74. The number of amides is 1. The van der Waals surface area contributed by atoms with Crippen LogP contribution in [0.3, 0.4) is 0 Å². The van der Waals surface area contributed by atoms with Crippen molar-refractivity contribution in [1.82, 2.24) is 4.90 Å². The first-order valence-electron chi connectivity index (χ1n) is 6.73. The molecule has 1 aliphatic carbocycles. The molecule has 20 heavy (non-hydrogen) atoms. The van der Waals surface area contributed by atoms with Crippen LogP contribution in [0.25, 0.3) is 0 Å². The summed E-state index contributed by atoms with van der Waals surface area (Å²) < 4.78 is 5.03. The molecule has 0 bridgehead atoms. The molecule has 0 heterocycles. The number of carbonyl (C=O) groups excluding carboxylic acids is 1. The van der Waals surface area contributed by atoms with Gasteiger partial charge >= 0.3 is 5.97 Å². The topological polar surface area (TPSA) is 66.8 Å². The van der Waals surface area contributed by atoms with Crippen molar-refractivity contribution in [1.29, 1.82) is 0 Å². The van der Waals surface area contributed by atoms with E-state index in [1.807, 2.05) is 0 Å². The molecule has 108 valence electrons. The zero-order chi connectivity index (χ0) is 14.5. The van der Waals surface area contributed by atoms with Crippen molar-refractivity contribution in [2.45, 2.75) is 12.8 Å². The number of nitrogens with zero attached hydrogens (tertiary/aromatic N) is 1. The van der Waals surface area contributed by atoms with Gasteiger partial charge in [0.1, 0.15) is 0 Å². The number of carboxylic acid groups (broad SMARTS) is 1. The number of rotatable bonds is 7. The maximum absolute atomic E-state index is 12.5. The summed E-state index contributed by atoms with van der Waals surface area (Å²) >= 11 is 0. The van der Waals surface area contributed by atoms with E-state index in [4.69, 9.17) is 9.84 Å². The van der Waals surface area contributed by atoms with Crippen molar-refractivity contribution in [3.05, 3.63) is 35.4 Å². The second-order valence-electron chi connectivity index (χ2n) is 5.07. The molecule has 5 nitrogen and oxygen atoms in total. The maximum Gasteiger partial charge on any atom is 0.335 e. The zero-order valence-electron chi connectivity index (χ0n) is 11.5. The van der Waals surface area contributed by atoms with Gasteiger partial charge in [0.2, 0.25) is 0 Å². The minimum absolute atomic E-state index is 0.128. The number of hydrogen-bond donors (Lipinski definition) is 1. The molecule has 5 heteroatoms. The number of hydrogen-bond acceptors (Lipinski definition) is 3. The van der Waals surface area contributed by atoms with E-state index < -0.39 is 5.97 Å². The Labute approximate surface area is 118 Å². The van der Waals surface area contributed by atoms with Crippen LogP contribution >= 0.6 is 0 Å². The lowest BCUT2D eigenvalue weighted by molar-refractivity contribution is 0.0686. The third-order valence-corrected chi connectivity index (χ3v) is 3.38. The fourth-order valence-electron chi connectivity index (χ4n) is 2.06. The summed E-state index contributed by atoms with van der Waals surface area (Å²) in [7, 11) is 1.60. The summed E-state index contributed by atoms with van der Waals surface area (Å²) in [5.41, 5.74) is 0.551. The Morgan fingerprint density at radius 2 is 2.05 bits per heavy atom. The standard InChI is InChI=1S/C15H19NO4/c1-20-8-7-16(10-11-5-6-11)14(17)12-3-2-4-13(9-12)15(18)19/h2-4,9,11H,5-8,10H2,1H3,(H,18,19). The van der Waals surface area contributed by atoms with Crippen LogP contribution < -0.4 is 0 Å². The molecule has 1 aliphatic rings. The van der Waals surface area contributed by atoms with E-state index >= 15 is 0 Å². The van der Waals surface area contributed by atoms with Crippen LogP contribution in [0.15, 0.2) is 24.3 Å². The van der Waals surface area contributed by atoms with Gasteiger partial charge in [-0.1, -0.05) is 6.07 Å². The van der Waals surface area contributed by atoms with Crippen molar-refractivity contribution >= 4 is 11.9 Å². The first kappa shape index (κ1) is 14.5. The lowest BCUT2D eigenvalue weighted by Gasteiger charge is -2.22. The molecule has 1 aromatic carbocycles. The van der Waals surface area contributed by atoms with Crippen molar-refractivity contribution in [2.24, 2.45) is 5.92 Å². The van der Waals surface area contributed by atoms with Crippen molar-refractivity contribution in [2.75, 3.05) is 26.8 Å². The Bertz CT molecular complexity index is 496. The van der Waals surface area contributed by atoms with E-state index in [0.717, 1.165) is 19.4 Å². The fraction of sp³-hybridized carbons (Fsp3) is 0.467. The first-order valence-corrected chi connectivity index (χ1v) is 6.73. The predicted molar refractivity (Wildman–Crippen MR) is 73.9 cm³/mol. The Morgan fingerprint density at radius 1 is 1.35 bits per heavy atom. The Morgan fingerprint density at radius 3 is 2.65 bits per heavy atom. The van der Waals surface area contributed by atoms with Gasteiger partial charge < -0.3 is 14.7 Å². The van der Waals surface area contributed by atoms with Gasteiger partial charge in [-0.25, -0.2) is 4.79 Å². The number of benzene rings is 1. The highest BCUT2D eigenvalue weighted by Crippen LogP contribution is 2.30. The van der Waals surface area contributed by atoms with Crippen LogP contribution in [0.5, 0.6) is 0 Å². The third-order valence-electron chi connectivity index (χ3n) is 3.38. The van der Waals surface area contributed by atoms with Gasteiger partial charge in [-0.05, 0) is 37.0 Å². The lowest BCUT2D eigenvalue weighted by Crippen LogP contribution is -2.35. The van der Waals surface area contributed by atoms with Gasteiger partial charge in [0.25, 0.3) is 5.91 Å². The van der Waals surface area contributed by atoms with Gasteiger partial charge in [-0.3, -0.25) is 4.79 Å². The maximum atomic E-state index is 12.5. The van der Waals surface area contributed by atoms with Crippen molar-refractivity contribution in [3.8, 4) is 0 Å². The highest BCUT2D eigenvalue weighted by Gasteiger charge is 2.27. The highest BCUT2D eigenvalue weighted by molar-refractivity contribution is 5.97. The molecule has 2 rings (SSSR count). The second-order valence-corrected chi connectivity index (χ2v) is 5.07. The molecule has 0 saturated heterocycles. The molecule has 0 spiro atoms. The van der Waals surface area contributed by atoms with Crippen LogP contribution in [0.4, 0.5) is 0 Å². The van der Waals surface area contributed by atoms with Crippen LogP contribution in [-0.2, 0) is 4.74 Å². The molecule has 0 unspecified atom stereocenters. The highest BCUT2D eigenvalue weighted by atomic mass is 16.5. The average molecular weight is 277 g/mol. The second kappa shape index (κ2) is 6.52. The normalized spacial score (nSPS) is 14.1. The molecule has 1 saturated carbocycles. The minimum atomic E-state index is -1.02. The number of carboxylic acids is 1. The monoisotopic (exact) mass is 277 g/mol. The number of aromatic carboxylic acids is 1. The molecule has 1 fully saturated rings. The van der Waals surface area contributed by atoms with Gasteiger partial charge in [0.15, 0.2) is 0 Å².